The molecule has 2 heterocycles. The third kappa shape index (κ3) is 3.32. The van der Waals surface area contributed by atoms with E-state index in [4.69, 9.17) is 13.9 Å². The molecule has 1 aliphatic heterocycles. The van der Waals surface area contributed by atoms with Crippen LogP contribution in [0.25, 0.3) is 21.9 Å². The van der Waals surface area contributed by atoms with Gasteiger partial charge in [0.2, 0.25) is 11.8 Å². The van der Waals surface area contributed by atoms with Gasteiger partial charge in [-0.15, -0.1) is 0 Å². The zero-order chi connectivity index (χ0) is 22.2. The van der Waals surface area contributed by atoms with Crippen LogP contribution in [-0.2, 0) is 9.59 Å². The largest absolute Gasteiger partial charge is 0.495 e. The number of hydrogen-bond donors (Lipinski definition) is 1. The highest BCUT2D eigenvalue weighted by Crippen LogP contribution is 2.37. The molecule has 0 spiro atoms. The van der Waals surface area contributed by atoms with Gasteiger partial charge in [-0.05, 0) is 24.3 Å². The van der Waals surface area contributed by atoms with Crippen molar-refractivity contribution in [3.05, 3.63) is 60.7 Å². The number of carbonyl (C=O) groups is 2. The van der Waals surface area contributed by atoms with Crippen LogP contribution in [-0.4, -0.2) is 32.6 Å². The van der Waals surface area contributed by atoms with Crippen molar-refractivity contribution >= 4 is 45.1 Å². The van der Waals surface area contributed by atoms with E-state index in [1.54, 1.807) is 31.3 Å². The van der Waals surface area contributed by atoms with Gasteiger partial charge in [0.25, 0.3) is 0 Å². The predicted molar refractivity (Wildman–Crippen MR) is 122 cm³/mol. The minimum atomic E-state index is -0.497. The summed E-state index contributed by atoms with van der Waals surface area (Å²) in [5, 5.41) is 4.82. The molecule has 0 radical (unpaired) electrons. The van der Waals surface area contributed by atoms with Crippen LogP contribution >= 0.6 is 0 Å². The third-order valence-corrected chi connectivity index (χ3v) is 5.83. The highest BCUT2D eigenvalue weighted by molar-refractivity contribution is 6.09. The number of amides is 2. The second-order valence-electron chi connectivity index (χ2n) is 7.71. The maximum Gasteiger partial charge on any atom is 0.229 e. The number of nitrogens with one attached hydrogen (secondary N) is 1. The van der Waals surface area contributed by atoms with Crippen LogP contribution in [0.2, 0.25) is 0 Å². The van der Waals surface area contributed by atoms with Crippen LogP contribution in [0, 0.1) is 5.92 Å². The van der Waals surface area contributed by atoms with Gasteiger partial charge in [-0.25, -0.2) is 0 Å². The summed E-state index contributed by atoms with van der Waals surface area (Å²) in [7, 11) is 3.12. The van der Waals surface area contributed by atoms with Gasteiger partial charge in [0.15, 0.2) is 0 Å². The Morgan fingerprint density at radius 2 is 1.72 bits per heavy atom. The standard InChI is InChI=1S/C25H22N2O5/c1-30-21-10-6-4-8-19(21)27-14-15(11-24(27)28)25(29)26-18-13-22-17(12-23(18)31-2)16-7-3-5-9-20(16)32-22/h3-10,12-13,15H,11,14H2,1-2H3,(H,26,29). The molecule has 5 rings (SSSR count). The summed E-state index contributed by atoms with van der Waals surface area (Å²) in [6, 6.07) is 18.7. The lowest BCUT2D eigenvalue weighted by atomic mass is 10.1. The fraction of sp³-hybridized carbons (Fsp3) is 0.200. The third-order valence-electron chi connectivity index (χ3n) is 5.83. The lowest BCUT2D eigenvalue weighted by Gasteiger charge is -2.19. The molecular formula is C25H22N2O5. The molecule has 1 atom stereocenters. The molecule has 162 valence electrons. The van der Waals surface area contributed by atoms with Crippen molar-refractivity contribution in [2.75, 3.05) is 31.0 Å². The Kier molecular flexibility index (Phi) is 4.93. The number of carbonyl (C=O) groups excluding carboxylic acids is 2. The number of nitrogens with zero attached hydrogens (tertiary/aromatic N) is 1. The van der Waals surface area contributed by atoms with Gasteiger partial charge >= 0.3 is 0 Å². The highest BCUT2D eigenvalue weighted by atomic mass is 16.5. The number of rotatable bonds is 5. The Morgan fingerprint density at radius 1 is 0.969 bits per heavy atom. The molecule has 32 heavy (non-hydrogen) atoms. The summed E-state index contributed by atoms with van der Waals surface area (Å²) in [6.45, 7) is 0.278. The van der Waals surface area contributed by atoms with Crippen molar-refractivity contribution in [2.45, 2.75) is 6.42 Å². The molecule has 0 bridgehead atoms. The van der Waals surface area contributed by atoms with Crippen molar-refractivity contribution in [1.29, 1.82) is 0 Å². The molecule has 7 heteroatoms. The van der Waals surface area contributed by atoms with Crippen LogP contribution in [0.3, 0.4) is 0 Å². The van der Waals surface area contributed by atoms with E-state index >= 15 is 0 Å². The summed E-state index contributed by atoms with van der Waals surface area (Å²) >= 11 is 0. The first-order valence-corrected chi connectivity index (χ1v) is 10.3. The second-order valence-corrected chi connectivity index (χ2v) is 7.71. The van der Waals surface area contributed by atoms with Crippen LogP contribution in [0.1, 0.15) is 6.42 Å². The summed E-state index contributed by atoms with van der Waals surface area (Å²) in [4.78, 5) is 27.3. The number of hydrogen-bond acceptors (Lipinski definition) is 5. The molecule has 2 amide bonds. The first kappa shape index (κ1) is 19.9. The molecular weight excluding hydrogens is 408 g/mol. The van der Waals surface area contributed by atoms with Gasteiger partial charge in [-0.2, -0.15) is 0 Å². The van der Waals surface area contributed by atoms with E-state index in [0.717, 1.165) is 16.4 Å². The molecule has 7 nitrogen and oxygen atoms in total. The Balaban J connectivity index is 1.41. The maximum atomic E-state index is 13.1. The topological polar surface area (TPSA) is 81.0 Å². The number of furan rings is 1. The average Bonchev–Trinajstić information content (AvgIpc) is 3.38. The van der Waals surface area contributed by atoms with Gasteiger partial charge in [0, 0.05) is 29.8 Å². The van der Waals surface area contributed by atoms with E-state index in [9.17, 15) is 9.59 Å². The second kappa shape index (κ2) is 7.92. The highest BCUT2D eigenvalue weighted by Gasteiger charge is 2.36. The minimum absolute atomic E-state index is 0.116. The summed E-state index contributed by atoms with van der Waals surface area (Å²) < 4.78 is 16.8. The monoisotopic (exact) mass is 430 g/mol. The van der Waals surface area contributed by atoms with Gasteiger partial charge in [-0.1, -0.05) is 30.3 Å². The minimum Gasteiger partial charge on any atom is -0.495 e. The molecule has 1 fully saturated rings. The van der Waals surface area contributed by atoms with E-state index in [1.807, 2.05) is 48.5 Å². The number of benzene rings is 3. The lowest BCUT2D eigenvalue weighted by Crippen LogP contribution is -2.28. The molecule has 4 aromatic rings. The number of methoxy groups -OCH3 is 2. The van der Waals surface area contributed by atoms with Crippen molar-refractivity contribution in [3.8, 4) is 11.5 Å². The van der Waals surface area contributed by atoms with E-state index < -0.39 is 5.92 Å². The molecule has 3 aromatic carbocycles. The van der Waals surface area contributed by atoms with Crippen LogP contribution < -0.4 is 19.7 Å². The lowest BCUT2D eigenvalue weighted by molar-refractivity contribution is -0.122. The summed E-state index contributed by atoms with van der Waals surface area (Å²) in [5.41, 5.74) is 2.59. The fourth-order valence-corrected chi connectivity index (χ4v) is 4.22. The van der Waals surface area contributed by atoms with Gasteiger partial charge < -0.3 is 24.1 Å². The Bertz CT molecular complexity index is 1340. The van der Waals surface area contributed by atoms with E-state index in [2.05, 4.69) is 5.32 Å². The van der Waals surface area contributed by atoms with E-state index in [1.165, 1.54) is 0 Å². The molecule has 1 aromatic heterocycles. The normalized spacial score (nSPS) is 16.0. The van der Waals surface area contributed by atoms with Crippen molar-refractivity contribution in [3.63, 3.8) is 0 Å². The summed E-state index contributed by atoms with van der Waals surface area (Å²) in [6.07, 6.45) is 0.124. The first-order valence-electron chi connectivity index (χ1n) is 10.3. The maximum absolute atomic E-state index is 13.1. The fourth-order valence-electron chi connectivity index (χ4n) is 4.22. The zero-order valence-corrected chi connectivity index (χ0v) is 17.8. The summed E-state index contributed by atoms with van der Waals surface area (Å²) in [5.74, 6) is 0.268. The van der Waals surface area contributed by atoms with Crippen molar-refractivity contribution in [1.82, 2.24) is 0 Å². The quantitative estimate of drug-likeness (QED) is 0.501. The van der Waals surface area contributed by atoms with Gasteiger partial charge in [-0.3, -0.25) is 9.59 Å². The van der Waals surface area contributed by atoms with Crippen LogP contribution in [0.15, 0.2) is 65.1 Å². The zero-order valence-electron chi connectivity index (χ0n) is 17.8. The first-order chi connectivity index (χ1) is 15.6. The predicted octanol–water partition coefficient (Wildman–Crippen LogP) is 4.59. The SMILES string of the molecule is COc1cc2c(cc1NC(=O)C1CC(=O)N(c3ccccc3OC)C1)oc1ccccc12. The van der Waals surface area contributed by atoms with Gasteiger partial charge in [0.1, 0.15) is 22.7 Å². The molecule has 0 aliphatic carbocycles. The van der Waals surface area contributed by atoms with Crippen molar-refractivity contribution in [2.24, 2.45) is 5.92 Å². The Morgan fingerprint density at radius 3 is 2.53 bits per heavy atom. The molecule has 1 unspecified atom stereocenters. The Labute approximate surface area is 184 Å². The number of ether oxygens (including phenoxy) is 2. The van der Waals surface area contributed by atoms with Crippen LogP contribution in [0.4, 0.5) is 11.4 Å². The smallest absolute Gasteiger partial charge is 0.229 e. The molecule has 1 N–H and O–H groups in total. The van der Waals surface area contributed by atoms with Crippen molar-refractivity contribution < 1.29 is 23.5 Å². The number of fused-ring (bicyclic) bond motifs is 3. The average molecular weight is 430 g/mol. The van der Waals surface area contributed by atoms with Crippen LogP contribution in [0.5, 0.6) is 11.5 Å². The molecule has 1 aliphatic rings. The Hall–Kier alpha value is -4.00. The molecule has 0 saturated carbocycles. The van der Waals surface area contributed by atoms with E-state index in [0.29, 0.717) is 28.5 Å². The number of anilines is 2. The van der Waals surface area contributed by atoms with Gasteiger partial charge in [0.05, 0.1) is 31.5 Å². The van der Waals surface area contributed by atoms with E-state index in [-0.39, 0.29) is 24.8 Å². The molecule has 1 saturated heterocycles. The number of para-hydroxylation sites is 3.